The number of rotatable bonds is 6. The summed E-state index contributed by atoms with van der Waals surface area (Å²) in [4.78, 5) is 5.48. The Labute approximate surface area is 133 Å². The van der Waals surface area contributed by atoms with Crippen LogP contribution in [-0.2, 0) is 6.42 Å². The molecule has 0 saturated carbocycles. The standard InChI is InChI=1S/C17H16N2O2S/c18-22-16-8-6-15(7-9-16)20-11-10-14-12-21-17(19-14)13-4-2-1-3-5-13/h1-9,12H,10-11,18H2. The fraction of sp³-hybridized carbons (Fsp3) is 0.118. The zero-order valence-corrected chi connectivity index (χ0v) is 12.8. The molecule has 0 spiro atoms. The van der Waals surface area contributed by atoms with Crippen molar-refractivity contribution in [2.24, 2.45) is 5.14 Å². The Kier molecular flexibility index (Phi) is 4.78. The molecule has 0 bridgehead atoms. The molecule has 0 unspecified atom stereocenters. The molecule has 0 amide bonds. The number of nitrogens with zero attached hydrogens (tertiary/aromatic N) is 1. The summed E-state index contributed by atoms with van der Waals surface area (Å²) in [5, 5.41) is 5.48. The maximum absolute atomic E-state index is 5.69. The molecule has 0 aliphatic carbocycles. The zero-order chi connectivity index (χ0) is 15.2. The summed E-state index contributed by atoms with van der Waals surface area (Å²) in [6.07, 6.45) is 2.38. The molecule has 3 aromatic rings. The van der Waals surface area contributed by atoms with Crippen LogP contribution in [0, 0.1) is 0 Å². The first-order chi connectivity index (χ1) is 10.8. The normalized spacial score (nSPS) is 10.6. The van der Waals surface area contributed by atoms with Gasteiger partial charge in [-0.2, -0.15) is 0 Å². The van der Waals surface area contributed by atoms with Crippen molar-refractivity contribution >= 4 is 11.9 Å². The van der Waals surface area contributed by atoms with E-state index < -0.39 is 0 Å². The molecule has 2 aromatic carbocycles. The maximum Gasteiger partial charge on any atom is 0.226 e. The van der Waals surface area contributed by atoms with Crippen molar-refractivity contribution in [1.82, 2.24) is 4.98 Å². The topological polar surface area (TPSA) is 61.3 Å². The van der Waals surface area contributed by atoms with Crippen LogP contribution in [0.4, 0.5) is 0 Å². The second-order valence-corrected chi connectivity index (χ2v) is 5.40. The molecule has 0 saturated heterocycles. The van der Waals surface area contributed by atoms with Gasteiger partial charge < -0.3 is 9.15 Å². The van der Waals surface area contributed by atoms with E-state index in [-0.39, 0.29) is 0 Å². The van der Waals surface area contributed by atoms with Gasteiger partial charge >= 0.3 is 0 Å². The first kappa shape index (κ1) is 14.7. The fourth-order valence-electron chi connectivity index (χ4n) is 2.02. The molecule has 0 aliphatic rings. The van der Waals surface area contributed by atoms with Crippen molar-refractivity contribution in [3.05, 3.63) is 66.6 Å². The lowest BCUT2D eigenvalue weighted by atomic mass is 10.2. The monoisotopic (exact) mass is 312 g/mol. The van der Waals surface area contributed by atoms with E-state index in [1.165, 1.54) is 11.9 Å². The van der Waals surface area contributed by atoms with Crippen molar-refractivity contribution in [2.75, 3.05) is 6.61 Å². The summed E-state index contributed by atoms with van der Waals surface area (Å²) < 4.78 is 11.2. The number of ether oxygens (including phenoxy) is 1. The van der Waals surface area contributed by atoms with Gasteiger partial charge in [0.1, 0.15) is 12.0 Å². The van der Waals surface area contributed by atoms with Crippen LogP contribution >= 0.6 is 11.9 Å². The van der Waals surface area contributed by atoms with Crippen molar-refractivity contribution in [3.63, 3.8) is 0 Å². The molecule has 1 aromatic heterocycles. The third-order valence-electron chi connectivity index (χ3n) is 3.16. The predicted octanol–water partition coefficient (Wildman–Crippen LogP) is 3.93. The van der Waals surface area contributed by atoms with Crippen molar-refractivity contribution in [1.29, 1.82) is 0 Å². The average molecular weight is 312 g/mol. The summed E-state index contributed by atoms with van der Waals surface area (Å²) in [5.41, 5.74) is 1.86. The number of benzene rings is 2. The van der Waals surface area contributed by atoms with Crippen LogP contribution in [0.2, 0.25) is 0 Å². The summed E-state index contributed by atoms with van der Waals surface area (Å²) >= 11 is 1.22. The highest BCUT2D eigenvalue weighted by atomic mass is 32.2. The Morgan fingerprint density at radius 3 is 2.55 bits per heavy atom. The van der Waals surface area contributed by atoms with Crippen LogP contribution in [0.3, 0.4) is 0 Å². The number of aromatic nitrogens is 1. The Morgan fingerprint density at radius 1 is 1.05 bits per heavy atom. The lowest BCUT2D eigenvalue weighted by Crippen LogP contribution is -2.01. The number of hydrogen-bond donors (Lipinski definition) is 1. The molecule has 4 nitrogen and oxygen atoms in total. The smallest absolute Gasteiger partial charge is 0.226 e. The molecule has 5 heteroatoms. The van der Waals surface area contributed by atoms with E-state index >= 15 is 0 Å². The molecule has 0 radical (unpaired) electrons. The van der Waals surface area contributed by atoms with Gasteiger partial charge in [0.15, 0.2) is 0 Å². The highest BCUT2D eigenvalue weighted by Gasteiger charge is 2.06. The van der Waals surface area contributed by atoms with E-state index in [2.05, 4.69) is 4.98 Å². The number of nitrogens with two attached hydrogens (primary N) is 1. The summed E-state index contributed by atoms with van der Waals surface area (Å²) in [6, 6.07) is 17.5. The molecular formula is C17H16N2O2S. The van der Waals surface area contributed by atoms with E-state index in [0.717, 1.165) is 21.9 Å². The van der Waals surface area contributed by atoms with E-state index in [1.807, 2.05) is 54.6 Å². The van der Waals surface area contributed by atoms with E-state index in [9.17, 15) is 0 Å². The van der Waals surface area contributed by atoms with Crippen LogP contribution in [0.1, 0.15) is 5.69 Å². The minimum absolute atomic E-state index is 0.551. The second-order valence-electron chi connectivity index (χ2n) is 4.70. The van der Waals surface area contributed by atoms with Gasteiger partial charge in [-0.25, -0.2) is 4.98 Å². The minimum Gasteiger partial charge on any atom is -0.493 e. The quantitative estimate of drug-likeness (QED) is 0.699. The molecule has 0 atom stereocenters. The van der Waals surface area contributed by atoms with Crippen LogP contribution in [0.15, 0.2) is 70.2 Å². The molecular weight excluding hydrogens is 296 g/mol. The lowest BCUT2D eigenvalue weighted by Gasteiger charge is -2.05. The third-order valence-corrected chi connectivity index (χ3v) is 3.70. The molecule has 2 N–H and O–H groups in total. The van der Waals surface area contributed by atoms with E-state index in [4.69, 9.17) is 14.3 Å². The Bertz CT molecular complexity index is 711. The van der Waals surface area contributed by atoms with Crippen molar-refractivity contribution in [3.8, 4) is 17.2 Å². The molecule has 22 heavy (non-hydrogen) atoms. The molecule has 0 fully saturated rings. The summed E-state index contributed by atoms with van der Waals surface area (Å²) in [5.74, 6) is 1.46. The molecule has 1 heterocycles. The van der Waals surface area contributed by atoms with Crippen LogP contribution in [0.5, 0.6) is 5.75 Å². The number of oxazole rings is 1. The molecule has 0 aliphatic heterocycles. The molecule has 3 rings (SSSR count). The van der Waals surface area contributed by atoms with Gasteiger partial charge in [0.2, 0.25) is 5.89 Å². The van der Waals surface area contributed by atoms with Gasteiger partial charge in [-0.15, -0.1) is 0 Å². The van der Waals surface area contributed by atoms with Crippen molar-refractivity contribution in [2.45, 2.75) is 11.3 Å². The van der Waals surface area contributed by atoms with Gasteiger partial charge in [0.05, 0.1) is 12.3 Å². The van der Waals surface area contributed by atoms with Crippen molar-refractivity contribution < 1.29 is 9.15 Å². The van der Waals surface area contributed by atoms with Gasteiger partial charge in [0.25, 0.3) is 0 Å². The zero-order valence-electron chi connectivity index (χ0n) is 11.9. The van der Waals surface area contributed by atoms with Gasteiger partial charge in [-0.1, -0.05) is 18.2 Å². The SMILES string of the molecule is NSc1ccc(OCCc2coc(-c3ccccc3)n2)cc1. The van der Waals surface area contributed by atoms with Gasteiger partial charge in [-0.3, -0.25) is 5.14 Å². The Hall–Kier alpha value is -2.24. The minimum atomic E-state index is 0.551. The molecule has 112 valence electrons. The fourth-order valence-corrected chi connectivity index (χ4v) is 2.32. The first-order valence-electron chi connectivity index (χ1n) is 6.94. The maximum atomic E-state index is 5.69. The lowest BCUT2D eigenvalue weighted by molar-refractivity contribution is 0.320. The third kappa shape index (κ3) is 3.69. The number of hydrogen-bond acceptors (Lipinski definition) is 5. The highest BCUT2D eigenvalue weighted by molar-refractivity contribution is 7.97. The average Bonchev–Trinajstić information content (AvgIpc) is 3.05. The Balaban J connectivity index is 1.54. The first-order valence-corrected chi connectivity index (χ1v) is 7.82. The summed E-state index contributed by atoms with van der Waals surface area (Å²) in [7, 11) is 0. The van der Waals surface area contributed by atoms with E-state index in [1.54, 1.807) is 6.26 Å². The highest BCUT2D eigenvalue weighted by Crippen LogP contribution is 2.19. The van der Waals surface area contributed by atoms with Gasteiger partial charge in [-0.05, 0) is 48.3 Å². The summed E-state index contributed by atoms with van der Waals surface area (Å²) in [6.45, 7) is 0.551. The van der Waals surface area contributed by atoms with Gasteiger partial charge in [0, 0.05) is 16.9 Å². The van der Waals surface area contributed by atoms with Crippen LogP contribution < -0.4 is 9.88 Å². The second kappa shape index (κ2) is 7.15. The van der Waals surface area contributed by atoms with Crippen LogP contribution in [-0.4, -0.2) is 11.6 Å². The Morgan fingerprint density at radius 2 is 1.82 bits per heavy atom. The largest absolute Gasteiger partial charge is 0.493 e. The predicted molar refractivity (Wildman–Crippen MR) is 87.6 cm³/mol. The van der Waals surface area contributed by atoms with Crippen LogP contribution in [0.25, 0.3) is 11.5 Å². The van der Waals surface area contributed by atoms with E-state index in [0.29, 0.717) is 18.9 Å².